The van der Waals surface area contributed by atoms with Crippen molar-refractivity contribution in [1.29, 1.82) is 0 Å². The van der Waals surface area contributed by atoms with E-state index in [1.807, 2.05) is 6.92 Å². The highest BCUT2D eigenvalue weighted by molar-refractivity contribution is 5.82. The van der Waals surface area contributed by atoms with E-state index >= 15 is 0 Å². The van der Waals surface area contributed by atoms with Crippen LogP contribution in [-0.2, 0) is 9.53 Å². The Bertz CT molecular complexity index is 257. The molecule has 1 amide bonds. The molecule has 0 aromatic rings. The monoisotopic (exact) mass is 226 g/mol. The summed E-state index contributed by atoms with van der Waals surface area (Å²) in [6.07, 6.45) is 3.56. The first kappa shape index (κ1) is 11.9. The van der Waals surface area contributed by atoms with Crippen LogP contribution in [0.4, 0.5) is 0 Å². The van der Waals surface area contributed by atoms with Crippen molar-refractivity contribution in [3.8, 4) is 0 Å². The molecule has 2 aliphatic rings. The number of hydrogen-bond acceptors (Lipinski definition) is 3. The molecular weight excluding hydrogens is 204 g/mol. The van der Waals surface area contributed by atoms with Crippen LogP contribution in [0.5, 0.6) is 0 Å². The molecule has 1 aliphatic carbocycles. The second kappa shape index (κ2) is 5.15. The third-order valence-electron chi connectivity index (χ3n) is 3.79. The molecule has 4 atom stereocenters. The van der Waals surface area contributed by atoms with Gasteiger partial charge in [-0.15, -0.1) is 0 Å². The highest BCUT2D eigenvalue weighted by atomic mass is 16.5. The quantitative estimate of drug-likeness (QED) is 0.727. The predicted molar refractivity (Wildman–Crippen MR) is 62.2 cm³/mol. The van der Waals surface area contributed by atoms with Gasteiger partial charge < -0.3 is 15.4 Å². The van der Waals surface area contributed by atoms with E-state index in [-0.39, 0.29) is 18.1 Å². The number of morpholine rings is 1. The molecule has 92 valence electrons. The van der Waals surface area contributed by atoms with Gasteiger partial charge in [-0.1, -0.05) is 13.3 Å². The molecule has 16 heavy (non-hydrogen) atoms. The van der Waals surface area contributed by atoms with E-state index in [9.17, 15) is 4.79 Å². The van der Waals surface area contributed by atoms with Gasteiger partial charge in [-0.05, 0) is 25.7 Å². The number of hydrogen-bond donors (Lipinski definition) is 2. The minimum Gasteiger partial charge on any atom is -0.375 e. The van der Waals surface area contributed by atoms with Crippen LogP contribution >= 0.6 is 0 Å². The summed E-state index contributed by atoms with van der Waals surface area (Å²) in [5.74, 6) is 0.717. The Morgan fingerprint density at radius 1 is 1.38 bits per heavy atom. The Morgan fingerprint density at radius 3 is 2.81 bits per heavy atom. The van der Waals surface area contributed by atoms with Crippen LogP contribution in [-0.4, -0.2) is 37.2 Å². The van der Waals surface area contributed by atoms with Gasteiger partial charge in [0.25, 0.3) is 0 Å². The lowest BCUT2D eigenvalue weighted by molar-refractivity contribution is -0.129. The van der Waals surface area contributed by atoms with Crippen molar-refractivity contribution in [3.63, 3.8) is 0 Å². The van der Waals surface area contributed by atoms with Gasteiger partial charge in [0.2, 0.25) is 5.91 Å². The number of rotatable bonds is 2. The van der Waals surface area contributed by atoms with Crippen LogP contribution in [0, 0.1) is 5.92 Å². The first-order valence-electron chi connectivity index (χ1n) is 6.34. The standard InChI is InChI=1S/C12H22N2O2/c1-8-4-3-5-10(8)14-12(15)11-9(2)16-7-6-13-11/h8-11,13H,3-7H2,1-2H3,(H,14,15)/t8?,9-,10?,11+/m1/s1. The zero-order chi connectivity index (χ0) is 11.5. The third-order valence-corrected chi connectivity index (χ3v) is 3.79. The van der Waals surface area contributed by atoms with Crippen molar-refractivity contribution in [2.24, 2.45) is 5.92 Å². The van der Waals surface area contributed by atoms with Crippen molar-refractivity contribution < 1.29 is 9.53 Å². The van der Waals surface area contributed by atoms with Crippen LogP contribution < -0.4 is 10.6 Å². The summed E-state index contributed by atoms with van der Waals surface area (Å²) < 4.78 is 5.48. The predicted octanol–water partition coefficient (Wildman–Crippen LogP) is 0.668. The summed E-state index contributed by atoms with van der Waals surface area (Å²) in [5, 5.41) is 6.37. The fourth-order valence-electron chi connectivity index (χ4n) is 2.66. The normalized spacial score (nSPS) is 39.6. The van der Waals surface area contributed by atoms with E-state index in [1.165, 1.54) is 12.8 Å². The van der Waals surface area contributed by atoms with E-state index in [2.05, 4.69) is 17.6 Å². The van der Waals surface area contributed by atoms with Crippen molar-refractivity contribution in [2.45, 2.75) is 51.3 Å². The molecule has 1 heterocycles. The lowest BCUT2D eigenvalue weighted by Crippen LogP contribution is -2.57. The summed E-state index contributed by atoms with van der Waals surface area (Å²) in [6.45, 7) is 5.63. The van der Waals surface area contributed by atoms with Crippen molar-refractivity contribution in [3.05, 3.63) is 0 Å². The highest BCUT2D eigenvalue weighted by Gasteiger charge is 2.32. The summed E-state index contributed by atoms with van der Waals surface area (Å²) in [7, 11) is 0. The second-order valence-electron chi connectivity index (χ2n) is 5.03. The van der Waals surface area contributed by atoms with Gasteiger partial charge in [0.1, 0.15) is 6.04 Å². The average molecular weight is 226 g/mol. The molecule has 0 aromatic heterocycles. The molecule has 2 fully saturated rings. The number of ether oxygens (including phenoxy) is 1. The van der Waals surface area contributed by atoms with Crippen molar-refractivity contribution in [2.75, 3.05) is 13.2 Å². The number of carbonyl (C=O) groups is 1. The molecule has 2 rings (SSSR count). The molecule has 1 aliphatic heterocycles. The SMILES string of the molecule is CC1CCCC1NC(=O)[C@H]1NCCO[C@@H]1C. The summed E-state index contributed by atoms with van der Waals surface area (Å²) in [4.78, 5) is 12.1. The minimum absolute atomic E-state index is 0.0227. The Kier molecular flexibility index (Phi) is 3.82. The van der Waals surface area contributed by atoms with Gasteiger partial charge in [-0.3, -0.25) is 4.79 Å². The largest absolute Gasteiger partial charge is 0.375 e. The molecule has 0 radical (unpaired) electrons. The first-order valence-corrected chi connectivity index (χ1v) is 6.34. The molecule has 1 saturated carbocycles. The highest BCUT2D eigenvalue weighted by Crippen LogP contribution is 2.24. The van der Waals surface area contributed by atoms with Gasteiger partial charge >= 0.3 is 0 Å². The van der Waals surface area contributed by atoms with Gasteiger partial charge in [0.15, 0.2) is 0 Å². The molecule has 4 heteroatoms. The maximum absolute atomic E-state index is 12.1. The van der Waals surface area contributed by atoms with E-state index in [1.54, 1.807) is 0 Å². The Labute approximate surface area is 97.1 Å². The Morgan fingerprint density at radius 2 is 2.19 bits per heavy atom. The molecule has 1 saturated heterocycles. The minimum atomic E-state index is -0.179. The lowest BCUT2D eigenvalue weighted by Gasteiger charge is -2.30. The molecule has 0 spiro atoms. The smallest absolute Gasteiger partial charge is 0.240 e. The summed E-state index contributed by atoms with van der Waals surface area (Å²) in [5.41, 5.74) is 0. The fraction of sp³-hybridized carbons (Fsp3) is 0.917. The first-order chi connectivity index (χ1) is 7.68. The molecule has 2 unspecified atom stereocenters. The van der Waals surface area contributed by atoms with Crippen molar-refractivity contribution >= 4 is 5.91 Å². The van der Waals surface area contributed by atoms with Gasteiger partial charge in [-0.2, -0.15) is 0 Å². The number of nitrogens with one attached hydrogen (secondary N) is 2. The average Bonchev–Trinajstić information content (AvgIpc) is 2.65. The number of amides is 1. The third kappa shape index (κ3) is 2.55. The Balaban J connectivity index is 1.86. The van der Waals surface area contributed by atoms with Crippen LogP contribution in [0.15, 0.2) is 0 Å². The van der Waals surface area contributed by atoms with Crippen LogP contribution in [0.25, 0.3) is 0 Å². The van der Waals surface area contributed by atoms with Gasteiger partial charge in [-0.25, -0.2) is 0 Å². The molecule has 0 aromatic carbocycles. The Hall–Kier alpha value is -0.610. The fourth-order valence-corrected chi connectivity index (χ4v) is 2.66. The molecule has 2 N–H and O–H groups in total. The van der Waals surface area contributed by atoms with Gasteiger partial charge in [0.05, 0.1) is 12.7 Å². The maximum atomic E-state index is 12.1. The van der Waals surface area contributed by atoms with Gasteiger partial charge in [0, 0.05) is 12.6 Å². The van der Waals surface area contributed by atoms with E-state index in [0.29, 0.717) is 18.6 Å². The van der Waals surface area contributed by atoms with Crippen LogP contribution in [0.2, 0.25) is 0 Å². The molecule has 0 bridgehead atoms. The molecular formula is C12H22N2O2. The van der Waals surface area contributed by atoms with E-state index < -0.39 is 0 Å². The van der Waals surface area contributed by atoms with Crippen LogP contribution in [0.1, 0.15) is 33.1 Å². The summed E-state index contributed by atoms with van der Waals surface area (Å²) >= 11 is 0. The zero-order valence-electron chi connectivity index (χ0n) is 10.2. The van der Waals surface area contributed by atoms with Crippen LogP contribution in [0.3, 0.4) is 0 Å². The zero-order valence-corrected chi connectivity index (χ0v) is 10.2. The van der Waals surface area contributed by atoms with E-state index in [0.717, 1.165) is 13.0 Å². The number of carbonyl (C=O) groups excluding carboxylic acids is 1. The maximum Gasteiger partial charge on any atom is 0.240 e. The van der Waals surface area contributed by atoms with Crippen molar-refractivity contribution in [1.82, 2.24) is 10.6 Å². The topological polar surface area (TPSA) is 50.4 Å². The summed E-state index contributed by atoms with van der Waals surface area (Å²) in [6, 6.07) is 0.185. The molecule has 4 nitrogen and oxygen atoms in total. The lowest BCUT2D eigenvalue weighted by atomic mass is 10.0. The second-order valence-corrected chi connectivity index (χ2v) is 5.03. The van der Waals surface area contributed by atoms with E-state index in [4.69, 9.17) is 4.74 Å².